The van der Waals surface area contributed by atoms with Crippen LogP contribution in [0.5, 0.6) is 0 Å². The molecule has 0 amide bonds. The lowest BCUT2D eigenvalue weighted by molar-refractivity contribution is 0.634. The van der Waals surface area contributed by atoms with Crippen LogP contribution in [0.1, 0.15) is 29.7 Å². The maximum absolute atomic E-state index is 4.61. The van der Waals surface area contributed by atoms with E-state index in [0.29, 0.717) is 0 Å². The Kier molecular flexibility index (Phi) is 5.78. The SMILES string of the molecule is CN=C(NCCc1nc2ccccc2[nH]1)NC(C)Cc1c(C)nn(C)c1C. The van der Waals surface area contributed by atoms with Crippen LogP contribution in [0.4, 0.5) is 0 Å². The summed E-state index contributed by atoms with van der Waals surface area (Å²) in [5.41, 5.74) is 5.69. The lowest BCUT2D eigenvalue weighted by Gasteiger charge is -2.18. The van der Waals surface area contributed by atoms with Gasteiger partial charge in [0, 0.05) is 38.8 Å². The molecule has 2 heterocycles. The summed E-state index contributed by atoms with van der Waals surface area (Å²) < 4.78 is 1.94. The van der Waals surface area contributed by atoms with Crippen molar-refractivity contribution in [2.45, 2.75) is 39.7 Å². The molecule has 3 aromatic rings. The summed E-state index contributed by atoms with van der Waals surface area (Å²) in [6, 6.07) is 8.34. The van der Waals surface area contributed by atoms with Gasteiger partial charge in [0.15, 0.2) is 5.96 Å². The summed E-state index contributed by atoms with van der Waals surface area (Å²) >= 11 is 0. The number of imidazole rings is 1. The van der Waals surface area contributed by atoms with Gasteiger partial charge in [0.05, 0.1) is 16.7 Å². The highest BCUT2D eigenvalue weighted by Crippen LogP contribution is 2.14. The first kappa shape index (κ1) is 18.9. The number of H-pyrrole nitrogens is 1. The number of benzene rings is 1. The van der Waals surface area contributed by atoms with Crippen molar-refractivity contribution in [3.8, 4) is 0 Å². The van der Waals surface area contributed by atoms with Gasteiger partial charge < -0.3 is 15.6 Å². The Balaban J connectivity index is 1.51. The first-order valence-corrected chi connectivity index (χ1v) is 9.37. The van der Waals surface area contributed by atoms with Crippen molar-refractivity contribution < 1.29 is 0 Å². The number of hydrogen-bond acceptors (Lipinski definition) is 3. The molecule has 0 aliphatic carbocycles. The zero-order valence-electron chi connectivity index (χ0n) is 16.8. The molecule has 0 saturated carbocycles. The molecule has 0 aliphatic heterocycles. The van der Waals surface area contributed by atoms with Crippen molar-refractivity contribution in [1.82, 2.24) is 30.4 Å². The number of aromatic nitrogens is 4. The molecule has 144 valence electrons. The Morgan fingerprint density at radius 3 is 2.74 bits per heavy atom. The van der Waals surface area contributed by atoms with Crippen molar-refractivity contribution in [3.63, 3.8) is 0 Å². The second-order valence-electron chi connectivity index (χ2n) is 6.97. The topological polar surface area (TPSA) is 82.9 Å². The molecule has 0 spiro atoms. The summed E-state index contributed by atoms with van der Waals surface area (Å²) in [4.78, 5) is 12.3. The zero-order chi connectivity index (χ0) is 19.4. The van der Waals surface area contributed by atoms with E-state index in [1.807, 2.05) is 36.0 Å². The number of nitrogens with zero attached hydrogens (tertiary/aromatic N) is 4. The zero-order valence-corrected chi connectivity index (χ0v) is 16.8. The van der Waals surface area contributed by atoms with Crippen LogP contribution in [0.25, 0.3) is 11.0 Å². The number of aromatic amines is 1. The molecule has 3 rings (SSSR count). The molecular weight excluding hydrogens is 338 g/mol. The average Bonchev–Trinajstić information content (AvgIpc) is 3.16. The molecular formula is C20H29N7. The number of aryl methyl sites for hydroxylation is 2. The van der Waals surface area contributed by atoms with Crippen LogP contribution < -0.4 is 10.6 Å². The minimum Gasteiger partial charge on any atom is -0.356 e. The van der Waals surface area contributed by atoms with E-state index in [9.17, 15) is 0 Å². The molecule has 0 bridgehead atoms. The first-order valence-electron chi connectivity index (χ1n) is 9.37. The quantitative estimate of drug-likeness (QED) is 0.461. The van der Waals surface area contributed by atoms with Gasteiger partial charge in [-0.15, -0.1) is 0 Å². The van der Waals surface area contributed by atoms with Gasteiger partial charge in [-0.25, -0.2) is 4.98 Å². The molecule has 2 aromatic heterocycles. The molecule has 1 aromatic carbocycles. The fourth-order valence-corrected chi connectivity index (χ4v) is 3.32. The minimum absolute atomic E-state index is 0.254. The Hall–Kier alpha value is -2.83. The van der Waals surface area contributed by atoms with E-state index in [2.05, 4.69) is 51.5 Å². The highest BCUT2D eigenvalue weighted by Gasteiger charge is 2.14. The van der Waals surface area contributed by atoms with Gasteiger partial charge in [-0.2, -0.15) is 5.10 Å². The summed E-state index contributed by atoms with van der Waals surface area (Å²) in [6.45, 7) is 7.10. The third-order valence-corrected chi connectivity index (χ3v) is 4.87. The summed E-state index contributed by atoms with van der Waals surface area (Å²) in [5.74, 6) is 1.78. The molecule has 0 saturated heterocycles. The monoisotopic (exact) mass is 367 g/mol. The number of fused-ring (bicyclic) bond motifs is 1. The van der Waals surface area contributed by atoms with E-state index in [0.717, 1.165) is 47.9 Å². The van der Waals surface area contributed by atoms with Crippen LogP contribution in [-0.2, 0) is 19.9 Å². The molecule has 3 N–H and O–H groups in total. The Morgan fingerprint density at radius 2 is 2.07 bits per heavy atom. The van der Waals surface area contributed by atoms with E-state index in [1.54, 1.807) is 7.05 Å². The van der Waals surface area contributed by atoms with Crippen LogP contribution >= 0.6 is 0 Å². The summed E-state index contributed by atoms with van der Waals surface area (Å²) in [7, 11) is 3.78. The van der Waals surface area contributed by atoms with Gasteiger partial charge in [-0.3, -0.25) is 9.67 Å². The third-order valence-electron chi connectivity index (χ3n) is 4.87. The number of para-hydroxylation sites is 2. The predicted octanol–water partition coefficient (Wildman–Crippen LogP) is 2.25. The highest BCUT2D eigenvalue weighted by atomic mass is 15.3. The molecule has 7 heteroatoms. The molecule has 0 radical (unpaired) electrons. The maximum Gasteiger partial charge on any atom is 0.191 e. The van der Waals surface area contributed by atoms with E-state index < -0.39 is 0 Å². The van der Waals surface area contributed by atoms with E-state index in [1.165, 1.54) is 11.3 Å². The van der Waals surface area contributed by atoms with Gasteiger partial charge in [-0.1, -0.05) is 12.1 Å². The number of hydrogen-bond donors (Lipinski definition) is 3. The number of aliphatic imine (C=N–C) groups is 1. The minimum atomic E-state index is 0.254. The lowest BCUT2D eigenvalue weighted by Crippen LogP contribution is -2.43. The second kappa shape index (κ2) is 8.24. The molecule has 0 aliphatic rings. The predicted molar refractivity (Wildman–Crippen MR) is 110 cm³/mol. The molecule has 1 unspecified atom stereocenters. The van der Waals surface area contributed by atoms with Crippen molar-refractivity contribution in [2.75, 3.05) is 13.6 Å². The number of guanidine groups is 1. The van der Waals surface area contributed by atoms with Crippen molar-refractivity contribution >= 4 is 17.0 Å². The Labute approximate surface area is 160 Å². The van der Waals surface area contributed by atoms with Crippen LogP contribution in [0.15, 0.2) is 29.3 Å². The number of nitrogens with one attached hydrogen (secondary N) is 3. The normalized spacial score (nSPS) is 13.1. The fraction of sp³-hybridized carbons (Fsp3) is 0.450. The largest absolute Gasteiger partial charge is 0.356 e. The molecule has 1 atom stereocenters. The standard InChI is InChI=1S/C20H29N7/c1-13(12-16-14(2)26-27(5)15(16)3)23-20(21-4)22-11-10-19-24-17-8-6-7-9-18(17)25-19/h6-9,13H,10-12H2,1-5H3,(H,24,25)(H2,21,22,23). The third kappa shape index (κ3) is 4.48. The van der Waals surface area contributed by atoms with E-state index >= 15 is 0 Å². The highest BCUT2D eigenvalue weighted by molar-refractivity contribution is 5.80. The first-order chi connectivity index (χ1) is 13.0. The number of rotatable bonds is 6. The average molecular weight is 368 g/mol. The van der Waals surface area contributed by atoms with Gasteiger partial charge >= 0.3 is 0 Å². The van der Waals surface area contributed by atoms with Crippen LogP contribution in [0.2, 0.25) is 0 Å². The smallest absolute Gasteiger partial charge is 0.191 e. The summed E-state index contributed by atoms with van der Waals surface area (Å²) in [6.07, 6.45) is 1.72. The fourth-order valence-electron chi connectivity index (χ4n) is 3.32. The van der Waals surface area contributed by atoms with Gasteiger partial charge in [0.1, 0.15) is 5.82 Å². The second-order valence-corrected chi connectivity index (χ2v) is 6.97. The van der Waals surface area contributed by atoms with Crippen LogP contribution in [-0.4, -0.2) is 45.3 Å². The van der Waals surface area contributed by atoms with Gasteiger partial charge in [0.2, 0.25) is 0 Å². The summed E-state index contributed by atoms with van der Waals surface area (Å²) in [5, 5.41) is 11.3. The van der Waals surface area contributed by atoms with Crippen LogP contribution in [0.3, 0.4) is 0 Å². The van der Waals surface area contributed by atoms with Gasteiger partial charge in [0.25, 0.3) is 0 Å². The van der Waals surface area contributed by atoms with E-state index in [-0.39, 0.29) is 6.04 Å². The molecule has 27 heavy (non-hydrogen) atoms. The maximum atomic E-state index is 4.61. The lowest BCUT2D eigenvalue weighted by atomic mass is 10.1. The van der Waals surface area contributed by atoms with Crippen molar-refractivity contribution in [3.05, 3.63) is 47.0 Å². The van der Waals surface area contributed by atoms with Crippen molar-refractivity contribution in [2.24, 2.45) is 12.0 Å². The van der Waals surface area contributed by atoms with Crippen molar-refractivity contribution in [1.29, 1.82) is 0 Å². The van der Waals surface area contributed by atoms with Crippen LogP contribution in [0, 0.1) is 13.8 Å². The molecule has 0 fully saturated rings. The Morgan fingerprint density at radius 1 is 1.30 bits per heavy atom. The molecule has 7 nitrogen and oxygen atoms in total. The van der Waals surface area contributed by atoms with Gasteiger partial charge in [-0.05, 0) is 44.9 Å². The Bertz CT molecular complexity index is 902. The van der Waals surface area contributed by atoms with E-state index in [4.69, 9.17) is 0 Å².